The fraction of sp³-hybridized carbons (Fsp3) is 0.409. The predicted molar refractivity (Wildman–Crippen MR) is 111 cm³/mol. The number of amides is 1. The van der Waals surface area contributed by atoms with Crippen LogP contribution in [0.15, 0.2) is 42.5 Å². The van der Waals surface area contributed by atoms with Gasteiger partial charge >= 0.3 is 0 Å². The Morgan fingerprint density at radius 2 is 1.81 bits per heavy atom. The predicted octanol–water partition coefficient (Wildman–Crippen LogP) is 4.57. The number of benzene rings is 2. The maximum absolute atomic E-state index is 12.5. The van der Waals surface area contributed by atoms with Crippen molar-refractivity contribution < 1.29 is 9.53 Å². The van der Waals surface area contributed by atoms with Gasteiger partial charge in [-0.05, 0) is 69.6 Å². The molecule has 1 unspecified atom stereocenters. The summed E-state index contributed by atoms with van der Waals surface area (Å²) in [5.74, 6) is 0.525. The van der Waals surface area contributed by atoms with E-state index in [0.29, 0.717) is 23.4 Å². The van der Waals surface area contributed by atoms with Crippen molar-refractivity contribution in [3.05, 3.63) is 64.2 Å². The molecule has 0 aromatic heterocycles. The summed E-state index contributed by atoms with van der Waals surface area (Å²) in [6.45, 7) is 9.33. The normalized spacial score (nSPS) is 12.3. The van der Waals surface area contributed by atoms with Gasteiger partial charge in [-0.3, -0.25) is 9.69 Å². The van der Waals surface area contributed by atoms with Gasteiger partial charge in [0.15, 0.2) is 6.10 Å². The Balaban J connectivity index is 1.96. The van der Waals surface area contributed by atoms with E-state index in [2.05, 4.69) is 43.2 Å². The molecule has 5 heteroatoms. The second-order valence-electron chi connectivity index (χ2n) is 7.17. The van der Waals surface area contributed by atoms with Crippen LogP contribution in [-0.2, 0) is 17.9 Å². The van der Waals surface area contributed by atoms with Gasteiger partial charge in [0.25, 0.3) is 5.91 Å². The Kier molecular flexibility index (Phi) is 7.69. The average Bonchev–Trinajstić information content (AvgIpc) is 2.62. The number of aryl methyl sites for hydroxylation is 1. The van der Waals surface area contributed by atoms with Gasteiger partial charge in [-0.25, -0.2) is 0 Å². The highest BCUT2D eigenvalue weighted by Gasteiger charge is 2.16. The summed E-state index contributed by atoms with van der Waals surface area (Å²) in [6.07, 6.45) is -0.588. The van der Waals surface area contributed by atoms with E-state index in [1.165, 1.54) is 5.56 Å². The number of nitrogens with zero attached hydrogens (tertiary/aromatic N) is 1. The number of carbonyl (C=O) groups excluding carboxylic acids is 1. The average molecular weight is 389 g/mol. The minimum atomic E-state index is -0.588. The summed E-state index contributed by atoms with van der Waals surface area (Å²) in [4.78, 5) is 14.7. The van der Waals surface area contributed by atoms with Crippen LogP contribution in [0.1, 0.15) is 37.5 Å². The number of carbonyl (C=O) groups is 1. The molecule has 0 aliphatic rings. The molecule has 0 fully saturated rings. The monoisotopic (exact) mass is 388 g/mol. The van der Waals surface area contributed by atoms with Crippen LogP contribution in [0.4, 0.5) is 0 Å². The summed E-state index contributed by atoms with van der Waals surface area (Å²) in [5, 5.41) is 3.64. The number of hydrogen-bond donors (Lipinski definition) is 1. The summed E-state index contributed by atoms with van der Waals surface area (Å²) in [6, 6.07) is 14.0. The van der Waals surface area contributed by atoms with Crippen molar-refractivity contribution in [2.75, 3.05) is 7.05 Å². The molecule has 1 amide bonds. The van der Waals surface area contributed by atoms with Crippen LogP contribution < -0.4 is 10.1 Å². The van der Waals surface area contributed by atoms with Gasteiger partial charge in [0.05, 0.1) is 0 Å². The summed E-state index contributed by atoms with van der Waals surface area (Å²) in [5.41, 5.74) is 3.24. The Morgan fingerprint density at radius 1 is 1.15 bits per heavy atom. The van der Waals surface area contributed by atoms with E-state index in [4.69, 9.17) is 16.3 Å². The molecule has 0 radical (unpaired) electrons. The molecular formula is C22H29ClN2O2. The second kappa shape index (κ2) is 9.77. The minimum Gasteiger partial charge on any atom is -0.481 e. The molecule has 146 valence electrons. The lowest BCUT2D eigenvalue weighted by atomic mass is 10.1. The molecule has 1 atom stereocenters. The van der Waals surface area contributed by atoms with Crippen molar-refractivity contribution in [2.45, 2.75) is 52.9 Å². The number of hydrogen-bond acceptors (Lipinski definition) is 3. The van der Waals surface area contributed by atoms with Crippen molar-refractivity contribution in [1.29, 1.82) is 0 Å². The zero-order valence-electron chi connectivity index (χ0n) is 16.8. The molecule has 0 heterocycles. The van der Waals surface area contributed by atoms with E-state index >= 15 is 0 Å². The van der Waals surface area contributed by atoms with Gasteiger partial charge in [0.2, 0.25) is 0 Å². The lowest BCUT2D eigenvalue weighted by Gasteiger charge is -2.23. The van der Waals surface area contributed by atoms with Gasteiger partial charge in [0, 0.05) is 24.2 Å². The second-order valence-corrected chi connectivity index (χ2v) is 7.60. The van der Waals surface area contributed by atoms with Crippen LogP contribution in [0, 0.1) is 6.92 Å². The summed E-state index contributed by atoms with van der Waals surface area (Å²) in [7, 11) is 2.10. The van der Waals surface area contributed by atoms with Crippen molar-refractivity contribution in [2.24, 2.45) is 0 Å². The lowest BCUT2D eigenvalue weighted by Crippen LogP contribution is -2.36. The Hall–Kier alpha value is -2.04. The van der Waals surface area contributed by atoms with Gasteiger partial charge in [-0.15, -0.1) is 0 Å². The number of ether oxygens (including phenoxy) is 1. The van der Waals surface area contributed by atoms with Gasteiger partial charge in [0.1, 0.15) is 5.75 Å². The van der Waals surface area contributed by atoms with E-state index in [1.807, 2.05) is 25.1 Å². The standard InChI is InChI=1S/C22H29ClN2O2/c1-15(2)25(5)14-19-9-7-6-8-18(19)13-24-22(26)17(4)27-21-11-10-20(23)12-16(21)3/h6-12,15,17H,13-14H2,1-5H3,(H,24,26). The zero-order valence-corrected chi connectivity index (χ0v) is 17.5. The SMILES string of the molecule is Cc1cc(Cl)ccc1OC(C)C(=O)NCc1ccccc1CN(C)C(C)C. The number of rotatable bonds is 8. The van der Waals surface area contributed by atoms with Crippen LogP contribution in [0.2, 0.25) is 5.02 Å². The fourth-order valence-corrected chi connectivity index (χ4v) is 2.88. The van der Waals surface area contributed by atoms with E-state index < -0.39 is 6.10 Å². The van der Waals surface area contributed by atoms with Crippen molar-refractivity contribution in [3.8, 4) is 5.75 Å². The third kappa shape index (κ3) is 6.26. The van der Waals surface area contributed by atoms with Crippen molar-refractivity contribution in [3.63, 3.8) is 0 Å². The molecule has 2 rings (SSSR count). The highest BCUT2D eigenvalue weighted by molar-refractivity contribution is 6.30. The van der Waals surface area contributed by atoms with Gasteiger partial charge in [-0.1, -0.05) is 35.9 Å². The molecule has 0 saturated heterocycles. The van der Waals surface area contributed by atoms with Gasteiger partial charge in [-0.2, -0.15) is 0 Å². The third-order valence-corrected chi connectivity index (χ3v) is 4.92. The smallest absolute Gasteiger partial charge is 0.261 e. The molecule has 2 aromatic carbocycles. The molecule has 27 heavy (non-hydrogen) atoms. The molecule has 0 aliphatic carbocycles. The van der Waals surface area contributed by atoms with Crippen LogP contribution in [0.25, 0.3) is 0 Å². The molecular weight excluding hydrogens is 360 g/mol. The molecule has 1 N–H and O–H groups in total. The first-order chi connectivity index (χ1) is 12.8. The van der Waals surface area contributed by atoms with Gasteiger partial charge < -0.3 is 10.1 Å². The molecule has 0 spiro atoms. The maximum Gasteiger partial charge on any atom is 0.261 e. The molecule has 0 saturated carbocycles. The summed E-state index contributed by atoms with van der Waals surface area (Å²) < 4.78 is 5.80. The Morgan fingerprint density at radius 3 is 2.44 bits per heavy atom. The minimum absolute atomic E-state index is 0.142. The zero-order chi connectivity index (χ0) is 20.0. The molecule has 0 bridgehead atoms. The Labute approximate surface area is 167 Å². The quantitative estimate of drug-likeness (QED) is 0.720. The van der Waals surface area contributed by atoms with E-state index in [9.17, 15) is 4.79 Å². The molecule has 4 nitrogen and oxygen atoms in total. The topological polar surface area (TPSA) is 41.6 Å². The first-order valence-electron chi connectivity index (χ1n) is 9.25. The first kappa shape index (κ1) is 21.3. The first-order valence-corrected chi connectivity index (χ1v) is 9.63. The number of halogens is 1. The Bertz CT molecular complexity index is 777. The lowest BCUT2D eigenvalue weighted by molar-refractivity contribution is -0.127. The third-order valence-electron chi connectivity index (χ3n) is 4.68. The van der Waals surface area contributed by atoms with Crippen LogP contribution in [-0.4, -0.2) is 30.0 Å². The van der Waals surface area contributed by atoms with E-state index in [-0.39, 0.29) is 5.91 Å². The van der Waals surface area contributed by atoms with Crippen LogP contribution in [0.3, 0.4) is 0 Å². The van der Waals surface area contributed by atoms with Crippen LogP contribution >= 0.6 is 11.6 Å². The molecule has 2 aromatic rings. The highest BCUT2D eigenvalue weighted by atomic mass is 35.5. The van der Waals surface area contributed by atoms with Crippen molar-refractivity contribution >= 4 is 17.5 Å². The summed E-state index contributed by atoms with van der Waals surface area (Å²) >= 11 is 5.97. The fourth-order valence-electron chi connectivity index (χ4n) is 2.65. The van der Waals surface area contributed by atoms with Crippen molar-refractivity contribution in [1.82, 2.24) is 10.2 Å². The number of nitrogens with one attached hydrogen (secondary N) is 1. The highest BCUT2D eigenvalue weighted by Crippen LogP contribution is 2.23. The maximum atomic E-state index is 12.5. The van der Waals surface area contributed by atoms with E-state index in [0.717, 1.165) is 17.7 Å². The molecule has 0 aliphatic heterocycles. The van der Waals surface area contributed by atoms with E-state index in [1.54, 1.807) is 19.1 Å². The van der Waals surface area contributed by atoms with Crippen LogP contribution in [0.5, 0.6) is 5.75 Å². The largest absolute Gasteiger partial charge is 0.481 e.